The van der Waals surface area contributed by atoms with Crippen LogP contribution in [0.1, 0.15) is 18.9 Å². The van der Waals surface area contributed by atoms with Gasteiger partial charge < -0.3 is 11.1 Å². The van der Waals surface area contributed by atoms with Gasteiger partial charge in [0.05, 0.1) is 23.0 Å². The molecule has 6 nitrogen and oxygen atoms in total. The van der Waals surface area contributed by atoms with Crippen molar-refractivity contribution in [1.29, 1.82) is 0 Å². The third kappa shape index (κ3) is 3.51. The minimum absolute atomic E-state index is 0.412. The largest absolute Gasteiger partial charge is 0.383 e. The maximum absolute atomic E-state index is 6.38. The zero-order valence-electron chi connectivity index (χ0n) is 16.1. The van der Waals surface area contributed by atoms with E-state index >= 15 is 0 Å². The summed E-state index contributed by atoms with van der Waals surface area (Å²) in [6.07, 6.45) is 9.61. The summed E-state index contributed by atoms with van der Waals surface area (Å²) in [7, 11) is 0. The third-order valence-corrected chi connectivity index (χ3v) is 6.27. The van der Waals surface area contributed by atoms with Crippen molar-refractivity contribution in [3.8, 4) is 22.4 Å². The van der Waals surface area contributed by atoms with Crippen molar-refractivity contribution >= 4 is 39.8 Å². The summed E-state index contributed by atoms with van der Waals surface area (Å²) < 4.78 is 2.06. The standard InChI is InChI=1S/C22H20Cl2N6/c23-19-1-2-20(24)18-11-27-21(8-16(18)19)17-7-13(9-28-22(17)25)14-10-29-30(12-14)15-3-5-26-6-4-15/h1-2,7-12,15,26H,3-6H2,(H2,25,28). The molecule has 0 atom stereocenters. The second-order valence-electron chi connectivity index (χ2n) is 7.49. The molecule has 1 aliphatic rings. The summed E-state index contributed by atoms with van der Waals surface area (Å²) in [5, 5.41) is 10.8. The second-order valence-corrected chi connectivity index (χ2v) is 8.31. The summed E-state index contributed by atoms with van der Waals surface area (Å²) in [6, 6.07) is 7.88. The number of aromatic nitrogens is 4. The fourth-order valence-corrected chi connectivity index (χ4v) is 4.35. The van der Waals surface area contributed by atoms with Crippen LogP contribution >= 0.6 is 23.2 Å². The van der Waals surface area contributed by atoms with E-state index in [2.05, 4.69) is 31.3 Å². The molecule has 0 saturated carbocycles. The van der Waals surface area contributed by atoms with Crippen LogP contribution in [-0.2, 0) is 0 Å². The molecular weight excluding hydrogens is 419 g/mol. The molecule has 4 heterocycles. The molecule has 30 heavy (non-hydrogen) atoms. The first-order valence-electron chi connectivity index (χ1n) is 9.85. The molecule has 0 amide bonds. The van der Waals surface area contributed by atoms with Crippen LogP contribution in [0.3, 0.4) is 0 Å². The second kappa shape index (κ2) is 7.87. The molecule has 152 valence electrons. The lowest BCUT2D eigenvalue weighted by Gasteiger charge is -2.22. The number of halogens is 2. The van der Waals surface area contributed by atoms with Gasteiger partial charge in [0.2, 0.25) is 0 Å². The molecule has 3 N–H and O–H groups in total. The van der Waals surface area contributed by atoms with Crippen LogP contribution in [0, 0.1) is 0 Å². The Balaban J connectivity index is 1.54. The van der Waals surface area contributed by atoms with E-state index in [-0.39, 0.29) is 0 Å². The maximum atomic E-state index is 6.38. The normalized spacial score (nSPS) is 15.0. The number of nitrogen functional groups attached to an aromatic ring is 1. The topological polar surface area (TPSA) is 81.6 Å². The number of nitrogens with zero attached hydrogens (tertiary/aromatic N) is 4. The first-order chi connectivity index (χ1) is 14.6. The van der Waals surface area contributed by atoms with Gasteiger partial charge in [0.1, 0.15) is 5.82 Å². The van der Waals surface area contributed by atoms with E-state index in [0.717, 1.165) is 53.4 Å². The van der Waals surface area contributed by atoms with E-state index in [1.165, 1.54) is 0 Å². The van der Waals surface area contributed by atoms with Gasteiger partial charge in [-0.15, -0.1) is 0 Å². The molecule has 0 bridgehead atoms. The highest BCUT2D eigenvalue weighted by Crippen LogP contribution is 2.34. The summed E-state index contributed by atoms with van der Waals surface area (Å²) in [6.45, 7) is 2.04. The maximum Gasteiger partial charge on any atom is 0.132 e. The molecule has 0 aliphatic carbocycles. The molecule has 0 radical (unpaired) electrons. The molecule has 8 heteroatoms. The summed E-state index contributed by atoms with van der Waals surface area (Å²) in [5.74, 6) is 0.412. The average Bonchev–Trinajstić information content (AvgIpc) is 3.27. The minimum Gasteiger partial charge on any atom is -0.383 e. The van der Waals surface area contributed by atoms with Gasteiger partial charge in [-0.25, -0.2) is 4.98 Å². The molecule has 1 saturated heterocycles. The SMILES string of the molecule is Nc1ncc(-c2cnn(C3CCNCC3)c2)cc1-c1cc2c(Cl)ccc(Cl)c2cn1. The fourth-order valence-electron chi connectivity index (χ4n) is 3.91. The number of hydrogen-bond donors (Lipinski definition) is 2. The smallest absolute Gasteiger partial charge is 0.132 e. The van der Waals surface area contributed by atoms with E-state index in [1.807, 2.05) is 18.3 Å². The minimum atomic E-state index is 0.412. The predicted octanol–water partition coefficient (Wildman–Crippen LogP) is 4.97. The van der Waals surface area contributed by atoms with Crippen LogP contribution in [0.5, 0.6) is 0 Å². The van der Waals surface area contributed by atoms with Gasteiger partial charge in [-0.3, -0.25) is 9.67 Å². The Hall–Kier alpha value is -2.67. The van der Waals surface area contributed by atoms with Gasteiger partial charge in [0.25, 0.3) is 0 Å². The van der Waals surface area contributed by atoms with Gasteiger partial charge in [-0.2, -0.15) is 5.10 Å². The van der Waals surface area contributed by atoms with E-state index < -0.39 is 0 Å². The molecular formula is C22H20Cl2N6. The van der Waals surface area contributed by atoms with E-state index in [0.29, 0.717) is 27.6 Å². The van der Waals surface area contributed by atoms with Crippen LogP contribution in [0.15, 0.2) is 49.1 Å². The van der Waals surface area contributed by atoms with E-state index in [1.54, 1.807) is 24.5 Å². The number of anilines is 1. The Kier molecular flexibility index (Phi) is 5.06. The monoisotopic (exact) mass is 438 g/mol. The van der Waals surface area contributed by atoms with Crippen molar-refractivity contribution in [3.05, 3.63) is 59.1 Å². The Labute approximate surface area is 184 Å². The van der Waals surface area contributed by atoms with Gasteiger partial charge in [-0.05, 0) is 50.2 Å². The molecule has 1 aromatic carbocycles. The molecule has 3 aromatic heterocycles. The lowest BCUT2D eigenvalue weighted by molar-refractivity contribution is 0.343. The number of rotatable bonds is 3. The lowest BCUT2D eigenvalue weighted by Crippen LogP contribution is -2.29. The highest BCUT2D eigenvalue weighted by Gasteiger charge is 2.17. The zero-order chi connectivity index (χ0) is 20.7. The van der Waals surface area contributed by atoms with Crippen LogP contribution in [0.2, 0.25) is 10.0 Å². The summed E-state index contributed by atoms with van der Waals surface area (Å²) in [5.41, 5.74) is 9.59. The quantitative estimate of drug-likeness (QED) is 0.471. The highest BCUT2D eigenvalue weighted by molar-refractivity contribution is 6.40. The Morgan fingerprint density at radius 1 is 0.933 bits per heavy atom. The summed E-state index contributed by atoms with van der Waals surface area (Å²) in [4.78, 5) is 8.97. The van der Waals surface area contributed by atoms with Crippen molar-refractivity contribution in [2.45, 2.75) is 18.9 Å². The molecule has 4 aromatic rings. The van der Waals surface area contributed by atoms with Crippen molar-refractivity contribution in [3.63, 3.8) is 0 Å². The van der Waals surface area contributed by atoms with Gasteiger partial charge in [-0.1, -0.05) is 23.2 Å². The van der Waals surface area contributed by atoms with Crippen LogP contribution in [-0.4, -0.2) is 32.8 Å². The first kappa shape index (κ1) is 19.3. The van der Waals surface area contributed by atoms with Gasteiger partial charge >= 0.3 is 0 Å². The van der Waals surface area contributed by atoms with Gasteiger partial charge in [0.15, 0.2) is 0 Å². The Bertz CT molecular complexity index is 1230. The number of piperidine rings is 1. The number of fused-ring (bicyclic) bond motifs is 1. The van der Waals surface area contributed by atoms with Crippen LogP contribution in [0.25, 0.3) is 33.2 Å². The Morgan fingerprint density at radius 2 is 1.70 bits per heavy atom. The highest BCUT2D eigenvalue weighted by atomic mass is 35.5. The number of hydrogen-bond acceptors (Lipinski definition) is 5. The molecule has 1 fully saturated rings. The number of pyridine rings is 2. The van der Waals surface area contributed by atoms with Crippen molar-refractivity contribution in [2.75, 3.05) is 18.8 Å². The number of nitrogens with two attached hydrogens (primary N) is 1. The van der Waals surface area contributed by atoms with Crippen molar-refractivity contribution in [2.24, 2.45) is 0 Å². The molecule has 1 aliphatic heterocycles. The molecule has 5 rings (SSSR count). The van der Waals surface area contributed by atoms with E-state index in [9.17, 15) is 0 Å². The molecule has 0 spiro atoms. The van der Waals surface area contributed by atoms with Crippen LogP contribution in [0.4, 0.5) is 5.82 Å². The van der Waals surface area contributed by atoms with Crippen LogP contribution < -0.4 is 11.1 Å². The third-order valence-electron chi connectivity index (χ3n) is 5.61. The average molecular weight is 439 g/mol. The molecule has 0 unspecified atom stereocenters. The Morgan fingerprint density at radius 3 is 2.50 bits per heavy atom. The number of benzene rings is 1. The van der Waals surface area contributed by atoms with Gasteiger partial charge in [0, 0.05) is 51.1 Å². The summed E-state index contributed by atoms with van der Waals surface area (Å²) >= 11 is 12.7. The number of nitrogens with one attached hydrogen (secondary N) is 1. The first-order valence-corrected chi connectivity index (χ1v) is 10.6. The lowest BCUT2D eigenvalue weighted by atomic mass is 10.0. The predicted molar refractivity (Wildman–Crippen MR) is 122 cm³/mol. The van der Waals surface area contributed by atoms with E-state index in [4.69, 9.17) is 28.9 Å². The van der Waals surface area contributed by atoms with Crippen molar-refractivity contribution in [1.82, 2.24) is 25.1 Å². The fraction of sp³-hybridized carbons (Fsp3) is 0.227. The zero-order valence-corrected chi connectivity index (χ0v) is 17.7. The van der Waals surface area contributed by atoms with Crippen molar-refractivity contribution < 1.29 is 0 Å².